The van der Waals surface area contributed by atoms with Gasteiger partial charge in [-0.25, -0.2) is 14.0 Å². The maximum absolute atomic E-state index is 13.3. The Kier molecular flexibility index (Phi) is 5.99. The van der Waals surface area contributed by atoms with Gasteiger partial charge in [-0.3, -0.25) is 19.8 Å². The number of anilines is 1. The van der Waals surface area contributed by atoms with Gasteiger partial charge in [0.2, 0.25) is 5.91 Å². The molecule has 1 aliphatic heterocycles. The molecule has 0 aliphatic carbocycles. The lowest BCUT2D eigenvalue weighted by atomic mass is 9.92. The first-order chi connectivity index (χ1) is 14.5. The second-order valence-electron chi connectivity index (χ2n) is 7.32. The van der Waals surface area contributed by atoms with E-state index in [1.807, 2.05) is 19.9 Å². The number of hydrogen-bond donors (Lipinski definition) is 3. The van der Waals surface area contributed by atoms with Gasteiger partial charge in [0, 0.05) is 16.3 Å². The molecule has 1 saturated heterocycles. The molecule has 6 amide bonds. The van der Waals surface area contributed by atoms with Gasteiger partial charge >= 0.3 is 12.1 Å². The van der Waals surface area contributed by atoms with E-state index in [-0.39, 0.29) is 10.6 Å². The number of amides is 6. The summed E-state index contributed by atoms with van der Waals surface area (Å²) in [5, 5.41) is 7.07. The summed E-state index contributed by atoms with van der Waals surface area (Å²) in [6.07, 6.45) is 0. The van der Waals surface area contributed by atoms with Gasteiger partial charge in [-0.1, -0.05) is 29.8 Å². The second-order valence-corrected chi connectivity index (χ2v) is 7.73. The van der Waals surface area contributed by atoms with E-state index in [0.29, 0.717) is 10.6 Å². The van der Waals surface area contributed by atoms with Gasteiger partial charge < -0.3 is 10.6 Å². The highest BCUT2D eigenvalue weighted by atomic mass is 35.5. The first-order valence-corrected chi connectivity index (χ1v) is 9.67. The molecular weight excluding hydrogens is 427 g/mol. The van der Waals surface area contributed by atoms with Gasteiger partial charge in [-0.2, -0.15) is 0 Å². The number of imide groups is 2. The molecular formula is C21H20ClFN4O4. The lowest BCUT2D eigenvalue weighted by molar-refractivity contribution is -0.134. The standard InChI is InChI=1S/C21H20ClFN4O4/c1-11-5-4-6-16(12(11)2)24-19(30)25-17(28)10-27-18(29)21(3,26-20(27)31)14-8-7-13(23)9-15(14)22/h4-9H,10H2,1-3H3,(H,26,31)(H2,24,25,28,30). The minimum atomic E-state index is -1.58. The first kappa shape index (κ1) is 22.2. The van der Waals surface area contributed by atoms with Gasteiger partial charge in [0.15, 0.2) is 0 Å². The van der Waals surface area contributed by atoms with Crippen molar-refractivity contribution in [3.8, 4) is 0 Å². The predicted octanol–water partition coefficient (Wildman–Crippen LogP) is 3.21. The molecule has 3 rings (SSSR count). The van der Waals surface area contributed by atoms with E-state index in [2.05, 4.69) is 16.0 Å². The van der Waals surface area contributed by atoms with Crippen LogP contribution in [0.15, 0.2) is 36.4 Å². The van der Waals surface area contributed by atoms with Gasteiger partial charge in [-0.15, -0.1) is 0 Å². The molecule has 1 atom stereocenters. The van der Waals surface area contributed by atoms with Crippen LogP contribution in [0.4, 0.5) is 19.7 Å². The fourth-order valence-electron chi connectivity index (χ4n) is 3.27. The molecule has 1 aliphatic rings. The summed E-state index contributed by atoms with van der Waals surface area (Å²) >= 11 is 6.04. The fourth-order valence-corrected chi connectivity index (χ4v) is 3.62. The Bertz CT molecular complexity index is 1110. The second kappa shape index (κ2) is 8.35. The highest BCUT2D eigenvalue weighted by Crippen LogP contribution is 2.33. The van der Waals surface area contributed by atoms with Crippen molar-refractivity contribution in [3.05, 3.63) is 63.9 Å². The summed E-state index contributed by atoms with van der Waals surface area (Å²) < 4.78 is 13.3. The van der Waals surface area contributed by atoms with Crippen LogP contribution in [0, 0.1) is 19.7 Å². The largest absolute Gasteiger partial charge is 0.325 e. The smallest absolute Gasteiger partial charge is 0.319 e. The zero-order valence-electron chi connectivity index (χ0n) is 17.0. The Morgan fingerprint density at radius 3 is 2.58 bits per heavy atom. The van der Waals surface area contributed by atoms with Crippen molar-refractivity contribution in [2.75, 3.05) is 11.9 Å². The van der Waals surface area contributed by atoms with Crippen LogP contribution in [0.3, 0.4) is 0 Å². The van der Waals surface area contributed by atoms with Crippen molar-refractivity contribution >= 4 is 41.2 Å². The maximum Gasteiger partial charge on any atom is 0.325 e. The molecule has 3 N–H and O–H groups in total. The van der Waals surface area contributed by atoms with E-state index in [9.17, 15) is 23.6 Å². The van der Waals surface area contributed by atoms with E-state index in [1.54, 1.807) is 12.1 Å². The SMILES string of the molecule is Cc1cccc(NC(=O)NC(=O)CN2C(=O)NC(C)(c3ccc(F)cc3Cl)C2=O)c1C. The number of carbonyl (C=O) groups is 4. The third-order valence-electron chi connectivity index (χ3n) is 5.15. The summed E-state index contributed by atoms with van der Waals surface area (Å²) in [4.78, 5) is 50.3. The van der Waals surface area contributed by atoms with E-state index in [4.69, 9.17) is 11.6 Å². The van der Waals surface area contributed by atoms with Crippen molar-refractivity contribution in [1.29, 1.82) is 0 Å². The van der Waals surface area contributed by atoms with E-state index in [1.165, 1.54) is 13.0 Å². The molecule has 10 heteroatoms. The van der Waals surface area contributed by atoms with E-state index >= 15 is 0 Å². The lowest BCUT2D eigenvalue weighted by Crippen LogP contribution is -2.45. The summed E-state index contributed by atoms with van der Waals surface area (Å²) in [6, 6.07) is 7.11. The number of hydrogen-bond acceptors (Lipinski definition) is 4. The van der Waals surface area contributed by atoms with Crippen LogP contribution in [0.5, 0.6) is 0 Å². The number of urea groups is 2. The van der Waals surface area contributed by atoms with Crippen LogP contribution >= 0.6 is 11.6 Å². The summed E-state index contributed by atoms with van der Waals surface area (Å²) in [7, 11) is 0. The van der Waals surface area contributed by atoms with E-state index in [0.717, 1.165) is 23.3 Å². The van der Waals surface area contributed by atoms with Crippen molar-refractivity contribution in [2.24, 2.45) is 0 Å². The average molecular weight is 447 g/mol. The van der Waals surface area contributed by atoms with Crippen LogP contribution in [0.1, 0.15) is 23.6 Å². The Morgan fingerprint density at radius 1 is 1.19 bits per heavy atom. The van der Waals surface area contributed by atoms with E-state index < -0.39 is 41.8 Å². The third kappa shape index (κ3) is 4.36. The summed E-state index contributed by atoms with van der Waals surface area (Å²) in [6.45, 7) is 4.42. The number of benzene rings is 2. The van der Waals surface area contributed by atoms with Crippen molar-refractivity contribution < 1.29 is 23.6 Å². The van der Waals surface area contributed by atoms with Gasteiger partial charge in [0.1, 0.15) is 17.9 Å². The minimum Gasteiger partial charge on any atom is -0.319 e. The number of nitrogens with zero attached hydrogens (tertiary/aromatic N) is 1. The Hall–Kier alpha value is -3.46. The van der Waals surface area contributed by atoms with Gasteiger partial charge in [0.25, 0.3) is 5.91 Å². The number of aryl methyl sites for hydroxylation is 1. The lowest BCUT2D eigenvalue weighted by Gasteiger charge is -2.23. The molecule has 0 saturated carbocycles. The fraction of sp³-hybridized carbons (Fsp3) is 0.238. The Balaban J connectivity index is 1.68. The van der Waals surface area contributed by atoms with Crippen molar-refractivity contribution in [3.63, 3.8) is 0 Å². The van der Waals surface area contributed by atoms with Crippen LogP contribution in [0.25, 0.3) is 0 Å². The molecule has 2 aromatic rings. The minimum absolute atomic E-state index is 0.0460. The van der Waals surface area contributed by atoms with Gasteiger partial charge in [-0.05, 0) is 50.1 Å². The normalized spacial score (nSPS) is 18.0. The molecule has 8 nitrogen and oxygen atoms in total. The predicted molar refractivity (Wildman–Crippen MR) is 112 cm³/mol. The molecule has 31 heavy (non-hydrogen) atoms. The molecule has 0 spiro atoms. The number of nitrogens with one attached hydrogen (secondary N) is 3. The van der Waals surface area contributed by atoms with Crippen LogP contribution in [0.2, 0.25) is 5.02 Å². The first-order valence-electron chi connectivity index (χ1n) is 9.29. The molecule has 1 fully saturated rings. The number of halogens is 2. The third-order valence-corrected chi connectivity index (χ3v) is 5.46. The van der Waals surface area contributed by atoms with Crippen molar-refractivity contribution in [1.82, 2.24) is 15.5 Å². The van der Waals surface area contributed by atoms with Crippen molar-refractivity contribution in [2.45, 2.75) is 26.3 Å². The quantitative estimate of drug-likeness (QED) is 0.627. The van der Waals surface area contributed by atoms with Crippen LogP contribution in [-0.4, -0.2) is 35.3 Å². The zero-order valence-corrected chi connectivity index (χ0v) is 17.8. The van der Waals surface area contributed by atoms with Crippen LogP contribution in [-0.2, 0) is 15.1 Å². The van der Waals surface area contributed by atoms with Crippen LogP contribution < -0.4 is 16.0 Å². The summed E-state index contributed by atoms with van der Waals surface area (Å²) in [5.41, 5.74) is 0.931. The van der Waals surface area contributed by atoms with Gasteiger partial charge in [0.05, 0.1) is 0 Å². The Labute approximate surface area is 182 Å². The number of carbonyl (C=O) groups excluding carboxylic acids is 4. The molecule has 1 unspecified atom stereocenters. The topological polar surface area (TPSA) is 108 Å². The Morgan fingerprint density at radius 2 is 1.90 bits per heavy atom. The highest BCUT2D eigenvalue weighted by Gasteiger charge is 2.50. The molecule has 0 aromatic heterocycles. The molecule has 0 bridgehead atoms. The zero-order chi connectivity index (χ0) is 22.9. The highest BCUT2D eigenvalue weighted by molar-refractivity contribution is 6.32. The number of rotatable bonds is 4. The summed E-state index contributed by atoms with van der Waals surface area (Å²) in [5.74, 6) is -2.21. The molecule has 0 radical (unpaired) electrons. The molecule has 162 valence electrons. The molecule has 2 aromatic carbocycles. The average Bonchev–Trinajstić information content (AvgIpc) is 2.89. The maximum atomic E-state index is 13.3. The monoisotopic (exact) mass is 446 g/mol. The molecule has 1 heterocycles.